The van der Waals surface area contributed by atoms with Gasteiger partial charge < -0.3 is 9.30 Å². The molecule has 1 aromatic heterocycles. The molecular weight excluding hydrogens is 446 g/mol. The molecule has 0 saturated carbocycles. The van der Waals surface area contributed by atoms with Gasteiger partial charge in [0.15, 0.2) is 4.80 Å². The first kappa shape index (κ1) is 23.7. The highest BCUT2D eigenvalue weighted by atomic mass is 32.2. The highest BCUT2D eigenvalue weighted by Gasteiger charge is 2.20. The predicted molar refractivity (Wildman–Crippen MR) is 126 cm³/mol. The third-order valence-corrected chi connectivity index (χ3v) is 7.88. The fourth-order valence-electron chi connectivity index (χ4n) is 3.11. The van der Waals surface area contributed by atoms with Crippen LogP contribution in [0.2, 0.25) is 0 Å². The number of fused-ring (bicyclic) bond motifs is 1. The number of nitrogens with zero attached hydrogens (tertiary/aromatic N) is 3. The Morgan fingerprint density at radius 2 is 1.97 bits per heavy atom. The second-order valence-corrected chi connectivity index (χ2v) is 10.2. The van der Waals surface area contributed by atoms with Crippen LogP contribution < -0.4 is 9.54 Å². The van der Waals surface area contributed by atoms with Crippen LogP contribution in [0.1, 0.15) is 30.1 Å². The summed E-state index contributed by atoms with van der Waals surface area (Å²) in [6, 6.07) is 11.4. The Labute approximate surface area is 192 Å². The molecule has 3 rings (SSSR count). The van der Waals surface area contributed by atoms with Gasteiger partial charge in [0, 0.05) is 19.2 Å². The first-order chi connectivity index (χ1) is 15.3. The molecule has 32 heavy (non-hydrogen) atoms. The maximum Gasteiger partial charge on any atom is 0.279 e. The minimum atomic E-state index is -3.60. The lowest BCUT2D eigenvalue weighted by atomic mass is 10.2. The summed E-state index contributed by atoms with van der Waals surface area (Å²) >= 11 is 1.33. The average molecular weight is 472 g/mol. The second-order valence-electron chi connectivity index (χ2n) is 7.13. The van der Waals surface area contributed by atoms with Gasteiger partial charge in [0.1, 0.15) is 5.75 Å². The van der Waals surface area contributed by atoms with Crippen LogP contribution in [0.15, 0.2) is 52.4 Å². The first-order valence-corrected chi connectivity index (χ1v) is 12.3. The van der Waals surface area contributed by atoms with Crippen LogP contribution in [0.4, 0.5) is 0 Å². The standard InChI is InChI=1S/C23H25N3O4S2/c1-5-7-15-25(3)32(28,29)19-11-8-17(9-12-19)22(27)24-23-26(14-6-2)20-13-10-18(30-4)16-21(20)31-23/h2,8-13,16H,5,7,14-15H2,1,3-4H3. The van der Waals surface area contributed by atoms with E-state index in [1.807, 2.05) is 25.1 Å². The molecular formula is C23H25N3O4S2. The number of methoxy groups -OCH3 is 1. The van der Waals surface area contributed by atoms with E-state index in [1.54, 1.807) is 18.7 Å². The van der Waals surface area contributed by atoms with E-state index >= 15 is 0 Å². The number of unbranched alkanes of at least 4 members (excludes halogenated alkanes) is 1. The number of carbonyl (C=O) groups excluding carboxylic acids is 1. The number of aromatic nitrogens is 1. The molecule has 0 fully saturated rings. The van der Waals surface area contributed by atoms with E-state index in [4.69, 9.17) is 11.2 Å². The van der Waals surface area contributed by atoms with Crippen molar-refractivity contribution in [2.45, 2.75) is 31.2 Å². The zero-order valence-corrected chi connectivity index (χ0v) is 19.9. The zero-order valence-electron chi connectivity index (χ0n) is 18.2. The topological polar surface area (TPSA) is 81.0 Å². The fraction of sp³-hybridized carbons (Fsp3) is 0.304. The summed E-state index contributed by atoms with van der Waals surface area (Å²) in [6.45, 7) is 2.71. The van der Waals surface area contributed by atoms with E-state index in [9.17, 15) is 13.2 Å². The fourth-order valence-corrected chi connectivity index (χ4v) is 5.38. The van der Waals surface area contributed by atoms with Crippen LogP contribution in [-0.4, -0.2) is 43.9 Å². The summed E-state index contributed by atoms with van der Waals surface area (Å²) in [6.07, 6.45) is 7.19. The van der Waals surface area contributed by atoms with Crippen molar-refractivity contribution in [3.63, 3.8) is 0 Å². The van der Waals surface area contributed by atoms with Gasteiger partial charge in [-0.2, -0.15) is 4.99 Å². The van der Waals surface area contributed by atoms with Gasteiger partial charge in [-0.3, -0.25) is 4.79 Å². The Balaban J connectivity index is 1.94. The van der Waals surface area contributed by atoms with Crippen LogP contribution in [-0.2, 0) is 16.6 Å². The Hall–Kier alpha value is -2.93. The number of terminal acetylenes is 1. The molecule has 0 aliphatic heterocycles. The Morgan fingerprint density at radius 3 is 2.59 bits per heavy atom. The highest BCUT2D eigenvalue weighted by Crippen LogP contribution is 2.23. The number of carbonyl (C=O) groups is 1. The Morgan fingerprint density at radius 1 is 1.25 bits per heavy atom. The summed E-state index contributed by atoms with van der Waals surface area (Å²) < 4.78 is 34.6. The molecule has 0 N–H and O–H groups in total. The van der Waals surface area contributed by atoms with E-state index in [0.717, 1.165) is 23.1 Å². The van der Waals surface area contributed by atoms with Crippen LogP contribution in [0, 0.1) is 12.3 Å². The van der Waals surface area contributed by atoms with Crippen molar-refractivity contribution in [2.24, 2.45) is 4.99 Å². The lowest BCUT2D eigenvalue weighted by Crippen LogP contribution is -2.27. The van der Waals surface area contributed by atoms with Crippen molar-refractivity contribution in [1.82, 2.24) is 8.87 Å². The SMILES string of the molecule is C#CCn1c(=NC(=O)c2ccc(S(=O)(=O)N(C)CCCC)cc2)sc2cc(OC)ccc21. The van der Waals surface area contributed by atoms with Crippen LogP contribution in [0.25, 0.3) is 10.2 Å². The maximum atomic E-state index is 12.8. The van der Waals surface area contributed by atoms with Crippen molar-refractivity contribution in [2.75, 3.05) is 20.7 Å². The zero-order chi connectivity index (χ0) is 23.3. The van der Waals surface area contributed by atoms with Gasteiger partial charge in [0.25, 0.3) is 5.91 Å². The van der Waals surface area contributed by atoms with Crippen LogP contribution in [0.3, 0.4) is 0 Å². The molecule has 0 bridgehead atoms. The summed E-state index contributed by atoms with van der Waals surface area (Å²) in [5, 5.41) is 0. The second kappa shape index (κ2) is 10.1. The molecule has 0 spiro atoms. The lowest BCUT2D eigenvalue weighted by molar-refractivity contribution is 0.0998. The average Bonchev–Trinajstić information content (AvgIpc) is 3.13. The smallest absolute Gasteiger partial charge is 0.279 e. The number of amides is 1. The number of ether oxygens (including phenoxy) is 1. The summed E-state index contributed by atoms with van der Waals surface area (Å²) in [5.41, 5.74) is 1.15. The lowest BCUT2D eigenvalue weighted by Gasteiger charge is -2.16. The van der Waals surface area contributed by atoms with Gasteiger partial charge in [-0.15, -0.1) is 6.42 Å². The molecule has 0 saturated heterocycles. The van der Waals surface area contributed by atoms with E-state index in [0.29, 0.717) is 22.7 Å². The van der Waals surface area contributed by atoms with Crippen molar-refractivity contribution >= 4 is 37.5 Å². The predicted octanol–water partition coefficient (Wildman–Crippen LogP) is 3.51. The van der Waals surface area contributed by atoms with E-state index in [-0.39, 0.29) is 11.4 Å². The number of hydrogen-bond donors (Lipinski definition) is 0. The molecule has 2 aromatic carbocycles. The normalized spacial score (nSPS) is 12.3. The van der Waals surface area contributed by atoms with Gasteiger partial charge in [0.05, 0.1) is 28.8 Å². The monoisotopic (exact) mass is 471 g/mol. The quantitative estimate of drug-likeness (QED) is 0.471. The van der Waals surface area contributed by atoms with E-state index < -0.39 is 15.9 Å². The molecule has 0 unspecified atom stereocenters. The van der Waals surface area contributed by atoms with Gasteiger partial charge in [-0.25, -0.2) is 12.7 Å². The van der Waals surface area contributed by atoms with Crippen molar-refractivity contribution in [3.8, 4) is 18.1 Å². The minimum Gasteiger partial charge on any atom is -0.497 e. The molecule has 0 radical (unpaired) electrons. The minimum absolute atomic E-state index is 0.143. The molecule has 0 aliphatic rings. The largest absolute Gasteiger partial charge is 0.497 e. The molecule has 3 aromatic rings. The molecule has 168 valence electrons. The van der Waals surface area contributed by atoms with Crippen LogP contribution in [0.5, 0.6) is 5.75 Å². The van der Waals surface area contributed by atoms with Crippen molar-refractivity contribution in [1.29, 1.82) is 0 Å². The van der Waals surface area contributed by atoms with E-state index in [1.165, 1.54) is 39.9 Å². The Bertz CT molecular complexity index is 1330. The van der Waals surface area contributed by atoms with Gasteiger partial charge in [-0.1, -0.05) is 30.6 Å². The first-order valence-electron chi connectivity index (χ1n) is 10.1. The van der Waals surface area contributed by atoms with E-state index in [2.05, 4.69) is 10.9 Å². The molecule has 7 nitrogen and oxygen atoms in total. The molecule has 0 aliphatic carbocycles. The molecule has 1 heterocycles. The third kappa shape index (κ3) is 4.93. The van der Waals surface area contributed by atoms with Crippen molar-refractivity contribution in [3.05, 3.63) is 52.8 Å². The van der Waals surface area contributed by atoms with Crippen molar-refractivity contribution < 1.29 is 17.9 Å². The maximum absolute atomic E-state index is 12.8. The molecule has 9 heteroatoms. The van der Waals surface area contributed by atoms with Gasteiger partial charge >= 0.3 is 0 Å². The number of thiazole rings is 1. The number of rotatable bonds is 8. The number of sulfonamides is 1. The van der Waals surface area contributed by atoms with Gasteiger partial charge in [-0.05, 0) is 48.9 Å². The summed E-state index contributed by atoms with van der Waals surface area (Å²) in [5.74, 6) is 2.81. The summed E-state index contributed by atoms with van der Waals surface area (Å²) in [7, 11) is -0.452. The number of benzene rings is 2. The molecule has 0 atom stereocenters. The third-order valence-electron chi connectivity index (χ3n) is 4.97. The molecule has 1 amide bonds. The summed E-state index contributed by atoms with van der Waals surface area (Å²) in [4.78, 5) is 17.7. The Kier molecular flexibility index (Phi) is 7.51. The highest BCUT2D eigenvalue weighted by molar-refractivity contribution is 7.89. The van der Waals surface area contributed by atoms with Crippen LogP contribution >= 0.6 is 11.3 Å². The number of hydrogen-bond acceptors (Lipinski definition) is 5. The van der Waals surface area contributed by atoms with Gasteiger partial charge in [0.2, 0.25) is 10.0 Å².